The molecule has 0 spiro atoms. The van der Waals surface area contributed by atoms with E-state index in [1.165, 1.54) is 4.90 Å². The number of hydrogen-bond donors (Lipinski definition) is 1. The van der Waals surface area contributed by atoms with Crippen molar-refractivity contribution in [3.8, 4) is 0 Å². The minimum atomic E-state index is -0.652. The molecule has 1 atom stereocenters. The Morgan fingerprint density at radius 1 is 1.04 bits per heavy atom. The highest BCUT2D eigenvalue weighted by Gasteiger charge is 2.45. The van der Waals surface area contributed by atoms with Gasteiger partial charge in [-0.05, 0) is 34.9 Å². The topological polar surface area (TPSA) is 70.5 Å². The molecule has 1 aliphatic rings. The summed E-state index contributed by atoms with van der Waals surface area (Å²) in [7, 11) is 0. The van der Waals surface area contributed by atoms with E-state index in [1.54, 1.807) is 30.6 Å². The van der Waals surface area contributed by atoms with Gasteiger partial charge in [-0.25, -0.2) is 0 Å². The summed E-state index contributed by atoms with van der Waals surface area (Å²) in [6, 6.07) is 16.1. The summed E-state index contributed by atoms with van der Waals surface area (Å²) in [5.41, 5.74) is 1.43. The first-order chi connectivity index (χ1) is 13.6. The number of fused-ring (bicyclic) bond motifs is 1. The van der Waals surface area contributed by atoms with Gasteiger partial charge in [-0.2, -0.15) is 0 Å². The summed E-state index contributed by atoms with van der Waals surface area (Å²) < 4.78 is 0. The molecule has 5 heteroatoms. The van der Waals surface area contributed by atoms with Crippen LogP contribution in [0.5, 0.6) is 0 Å². The lowest BCUT2D eigenvalue weighted by Gasteiger charge is -2.24. The molecule has 2 aromatic carbocycles. The molecule has 0 radical (unpaired) electrons. The van der Waals surface area contributed by atoms with Crippen LogP contribution in [-0.2, 0) is 9.59 Å². The number of rotatable bonds is 4. The Kier molecular flexibility index (Phi) is 4.65. The molecule has 28 heavy (non-hydrogen) atoms. The fraction of sp³-hybridized carbons (Fsp3) is 0.174. The van der Waals surface area contributed by atoms with Crippen molar-refractivity contribution in [2.24, 2.45) is 0 Å². The molecule has 140 valence electrons. The molecule has 1 saturated heterocycles. The quantitative estimate of drug-likeness (QED) is 0.426. The molecule has 1 fully saturated rings. The number of likely N-dealkylation sites (tertiary alicyclic amines) is 1. The van der Waals surface area contributed by atoms with Crippen molar-refractivity contribution in [1.29, 1.82) is 0 Å². The molecule has 1 amide bonds. The van der Waals surface area contributed by atoms with E-state index in [9.17, 15) is 14.7 Å². The number of ketones is 1. The minimum absolute atomic E-state index is 0.126. The average Bonchev–Trinajstić information content (AvgIpc) is 2.99. The number of benzene rings is 2. The fourth-order valence-electron chi connectivity index (χ4n) is 3.82. The van der Waals surface area contributed by atoms with E-state index in [-0.39, 0.29) is 11.3 Å². The van der Waals surface area contributed by atoms with Gasteiger partial charge in [-0.15, -0.1) is 0 Å². The van der Waals surface area contributed by atoms with Crippen molar-refractivity contribution in [1.82, 2.24) is 9.88 Å². The Labute approximate surface area is 162 Å². The molecule has 1 aromatic heterocycles. The summed E-state index contributed by atoms with van der Waals surface area (Å²) in [6.45, 7) is 2.39. The van der Waals surface area contributed by atoms with Crippen LogP contribution in [0.25, 0.3) is 16.5 Å². The first kappa shape index (κ1) is 17.9. The van der Waals surface area contributed by atoms with E-state index in [1.807, 2.05) is 43.3 Å². The van der Waals surface area contributed by atoms with E-state index in [0.29, 0.717) is 18.5 Å². The zero-order chi connectivity index (χ0) is 19.7. The van der Waals surface area contributed by atoms with Gasteiger partial charge in [0.2, 0.25) is 0 Å². The molecule has 5 nitrogen and oxygen atoms in total. The van der Waals surface area contributed by atoms with Gasteiger partial charge in [-0.3, -0.25) is 14.6 Å². The van der Waals surface area contributed by atoms with Crippen LogP contribution in [0, 0.1) is 0 Å². The number of aromatic nitrogens is 1. The molecule has 0 aliphatic carbocycles. The highest BCUT2D eigenvalue weighted by atomic mass is 16.3. The van der Waals surface area contributed by atoms with Crippen LogP contribution in [0.3, 0.4) is 0 Å². The van der Waals surface area contributed by atoms with Gasteiger partial charge in [0, 0.05) is 24.5 Å². The second kappa shape index (κ2) is 7.27. The maximum Gasteiger partial charge on any atom is 0.295 e. The van der Waals surface area contributed by atoms with Gasteiger partial charge in [0.05, 0.1) is 11.6 Å². The molecule has 1 N–H and O–H groups in total. The van der Waals surface area contributed by atoms with E-state index < -0.39 is 17.7 Å². The zero-order valence-electron chi connectivity index (χ0n) is 15.5. The summed E-state index contributed by atoms with van der Waals surface area (Å²) in [6.07, 6.45) is 3.96. The zero-order valence-corrected chi connectivity index (χ0v) is 15.5. The van der Waals surface area contributed by atoms with E-state index >= 15 is 0 Å². The lowest BCUT2D eigenvalue weighted by Crippen LogP contribution is -2.30. The summed E-state index contributed by atoms with van der Waals surface area (Å²) in [5.74, 6) is -1.37. The van der Waals surface area contributed by atoms with E-state index in [0.717, 1.165) is 16.3 Å². The Morgan fingerprint density at radius 3 is 2.50 bits per heavy atom. The van der Waals surface area contributed by atoms with E-state index in [2.05, 4.69) is 4.98 Å². The predicted molar refractivity (Wildman–Crippen MR) is 107 cm³/mol. The van der Waals surface area contributed by atoms with Gasteiger partial charge in [0.15, 0.2) is 0 Å². The van der Waals surface area contributed by atoms with Crippen LogP contribution in [-0.4, -0.2) is 33.2 Å². The van der Waals surface area contributed by atoms with Crippen LogP contribution < -0.4 is 0 Å². The average molecular weight is 372 g/mol. The molecule has 2 heterocycles. The maximum absolute atomic E-state index is 12.9. The minimum Gasteiger partial charge on any atom is -0.507 e. The predicted octanol–water partition coefficient (Wildman–Crippen LogP) is 4.07. The summed E-state index contributed by atoms with van der Waals surface area (Å²) in [5, 5.41) is 13.0. The molecule has 1 unspecified atom stereocenters. The van der Waals surface area contributed by atoms with Gasteiger partial charge >= 0.3 is 0 Å². The molecule has 0 bridgehead atoms. The molecule has 4 rings (SSSR count). The highest BCUT2D eigenvalue weighted by molar-refractivity contribution is 6.46. The first-order valence-electron chi connectivity index (χ1n) is 9.30. The normalized spacial score (nSPS) is 18.8. The number of nitrogens with zero attached hydrogens (tertiary/aromatic N) is 2. The third-order valence-electron chi connectivity index (χ3n) is 5.07. The summed E-state index contributed by atoms with van der Waals surface area (Å²) >= 11 is 0. The van der Waals surface area contributed by atoms with Gasteiger partial charge in [0.25, 0.3) is 11.7 Å². The molecule has 3 aromatic rings. The number of amides is 1. The molecule has 1 aliphatic heterocycles. The van der Waals surface area contributed by atoms with E-state index in [4.69, 9.17) is 0 Å². The van der Waals surface area contributed by atoms with Crippen molar-refractivity contribution >= 4 is 28.2 Å². The monoisotopic (exact) mass is 372 g/mol. The van der Waals surface area contributed by atoms with Gasteiger partial charge in [-0.1, -0.05) is 49.4 Å². The van der Waals surface area contributed by atoms with Crippen LogP contribution in [0.2, 0.25) is 0 Å². The van der Waals surface area contributed by atoms with Crippen LogP contribution in [0.4, 0.5) is 0 Å². The lowest BCUT2D eigenvalue weighted by molar-refractivity contribution is -0.139. The van der Waals surface area contributed by atoms with Gasteiger partial charge < -0.3 is 10.0 Å². The van der Waals surface area contributed by atoms with Crippen LogP contribution >= 0.6 is 0 Å². The van der Waals surface area contributed by atoms with Crippen LogP contribution in [0.1, 0.15) is 30.5 Å². The SMILES string of the molecule is CCCN1C(=O)C(=O)/C(=C(\O)c2cccc3ccccc23)C1c1ccncc1. The third kappa shape index (κ3) is 2.85. The fourth-order valence-corrected chi connectivity index (χ4v) is 3.82. The second-order valence-corrected chi connectivity index (χ2v) is 6.80. The molecular weight excluding hydrogens is 352 g/mol. The van der Waals surface area contributed by atoms with Crippen molar-refractivity contribution < 1.29 is 14.7 Å². The van der Waals surface area contributed by atoms with Crippen molar-refractivity contribution in [3.05, 3.63) is 83.7 Å². The van der Waals surface area contributed by atoms with Crippen molar-refractivity contribution in [2.75, 3.05) is 6.54 Å². The van der Waals surface area contributed by atoms with Gasteiger partial charge in [0.1, 0.15) is 5.76 Å². The molecule has 0 saturated carbocycles. The largest absolute Gasteiger partial charge is 0.507 e. The standard InChI is InChI=1S/C23H20N2O3/c1-2-14-25-20(16-10-12-24-13-11-16)19(22(27)23(25)28)21(26)18-9-5-7-15-6-3-4-8-17(15)18/h3-13,20,26H,2,14H2,1H3/b21-19-. The number of pyridine rings is 1. The lowest BCUT2D eigenvalue weighted by atomic mass is 9.94. The smallest absolute Gasteiger partial charge is 0.295 e. The number of carbonyl (C=O) groups is 2. The number of aliphatic hydroxyl groups excluding tert-OH is 1. The number of carbonyl (C=O) groups excluding carboxylic acids is 2. The summed E-state index contributed by atoms with van der Waals surface area (Å²) in [4.78, 5) is 31.2. The van der Waals surface area contributed by atoms with Crippen LogP contribution in [0.15, 0.2) is 72.6 Å². The Balaban J connectivity index is 1.96. The number of Topliss-reactive ketones (excluding diaryl/α,β-unsaturated/α-hetero) is 1. The van der Waals surface area contributed by atoms with Crippen molar-refractivity contribution in [3.63, 3.8) is 0 Å². The highest BCUT2D eigenvalue weighted by Crippen LogP contribution is 2.40. The second-order valence-electron chi connectivity index (χ2n) is 6.80. The Hall–Kier alpha value is -3.47. The molecular formula is C23H20N2O3. The number of aliphatic hydroxyl groups is 1. The van der Waals surface area contributed by atoms with Crippen molar-refractivity contribution in [2.45, 2.75) is 19.4 Å². The maximum atomic E-state index is 12.9. The Morgan fingerprint density at radius 2 is 1.75 bits per heavy atom. The Bertz CT molecular complexity index is 1080. The third-order valence-corrected chi connectivity index (χ3v) is 5.07. The number of hydrogen-bond acceptors (Lipinski definition) is 4. The first-order valence-corrected chi connectivity index (χ1v) is 9.30.